The Morgan fingerprint density at radius 1 is 1.38 bits per heavy atom. The maximum absolute atomic E-state index is 11.6. The van der Waals surface area contributed by atoms with Crippen LogP contribution in [0.2, 0.25) is 0 Å². The second kappa shape index (κ2) is 3.27. The van der Waals surface area contributed by atoms with Gasteiger partial charge in [0.15, 0.2) is 0 Å². The van der Waals surface area contributed by atoms with Gasteiger partial charge in [0, 0.05) is 26.7 Å². The van der Waals surface area contributed by atoms with Crippen molar-refractivity contribution in [3.63, 3.8) is 0 Å². The molecule has 2 saturated heterocycles. The summed E-state index contributed by atoms with van der Waals surface area (Å²) in [5.41, 5.74) is 0. The van der Waals surface area contributed by atoms with Crippen LogP contribution in [0.15, 0.2) is 0 Å². The molecule has 0 aromatic heterocycles. The highest BCUT2D eigenvalue weighted by Crippen LogP contribution is 2.20. The van der Waals surface area contributed by atoms with Crippen LogP contribution in [0.5, 0.6) is 0 Å². The zero-order chi connectivity index (χ0) is 9.42. The van der Waals surface area contributed by atoms with Crippen molar-refractivity contribution in [3.05, 3.63) is 0 Å². The second-order valence-corrected chi connectivity index (χ2v) is 4.00. The largest absolute Gasteiger partial charge is 0.392 e. The molecule has 0 aliphatic carbocycles. The van der Waals surface area contributed by atoms with Gasteiger partial charge in [0.05, 0.1) is 12.1 Å². The molecule has 2 heterocycles. The topological polar surface area (TPSA) is 43.8 Å². The van der Waals surface area contributed by atoms with Crippen molar-refractivity contribution >= 4 is 5.91 Å². The van der Waals surface area contributed by atoms with Gasteiger partial charge in [-0.05, 0) is 12.8 Å². The summed E-state index contributed by atoms with van der Waals surface area (Å²) in [6, 6.07) is 0.0437. The number of aliphatic hydroxyl groups is 1. The van der Waals surface area contributed by atoms with Gasteiger partial charge in [0.25, 0.3) is 0 Å². The molecule has 1 amide bonds. The average molecular weight is 184 g/mol. The lowest BCUT2D eigenvalue weighted by Crippen LogP contribution is -2.40. The molecule has 0 aromatic rings. The molecule has 0 bridgehead atoms. The second-order valence-electron chi connectivity index (χ2n) is 4.00. The lowest BCUT2D eigenvalue weighted by atomic mass is 10.2. The van der Waals surface area contributed by atoms with Crippen LogP contribution in [0, 0.1) is 0 Å². The highest BCUT2D eigenvalue weighted by atomic mass is 16.3. The zero-order valence-corrected chi connectivity index (χ0v) is 7.94. The van der Waals surface area contributed by atoms with E-state index in [0.717, 1.165) is 25.9 Å². The maximum atomic E-state index is 11.6. The van der Waals surface area contributed by atoms with E-state index in [1.165, 1.54) is 0 Å². The minimum absolute atomic E-state index is 0.0437. The van der Waals surface area contributed by atoms with Crippen LogP contribution in [0.3, 0.4) is 0 Å². The molecule has 4 heteroatoms. The van der Waals surface area contributed by atoms with Crippen LogP contribution in [-0.2, 0) is 4.79 Å². The normalized spacial score (nSPS) is 36.2. The third-order valence-electron chi connectivity index (χ3n) is 3.03. The van der Waals surface area contributed by atoms with Crippen molar-refractivity contribution < 1.29 is 9.90 Å². The Bertz CT molecular complexity index is 220. The molecule has 4 nitrogen and oxygen atoms in total. The van der Waals surface area contributed by atoms with Crippen LogP contribution < -0.4 is 0 Å². The van der Waals surface area contributed by atoms with Crippen molar-refractivity contribution in [2.24, 2.45) is 0 Å². The first-order chi connectivity index (χ1) is 6.18. The number of carbonyl (C=O) groups excluding carboxylic acids is 1. The van der Waals surface area contributed by atoms with Gasteiger partial charge in [-0.15, -0.1) is 0 Å². The summed E-state index contributed by atoms with van der Waals surface area (Å²) in [4.78, 5) is 15.5. The van der Waals surface area contributed by atoms with Gasteiger partial charge in [-0.2, -0.15) is 0 Å². The number of hydrogen-bond donors (Lipinski definition) is 1. The molecule has 0 spiro atoms. The highest BCUT2D eigenvalue weighted by Gasteiger charge is 2.36. The first-order valence-corrected chi connectivity index (χ1v) is 4.85. The summed E-state index contributed by atoms with van der Waals surface area (Å²) in [7, 11) is 1.84. The predicted molar refractivity (Wildman–Crippen MR) is 48.2 cm³/mol. The summed E-state index contributed by atoms with van der Waals surface area (Å²) in [5, 5.41) is 9.35. The molecule has 1 N–H and O–H groups in total. The maximum Gasteiger partial charge on any atom is 0.239 e. The molecular weight excluding hydrogens is 168 g/mol. The Kier molecular flexibility index (Phi) is 2.26. The van der Waals surface area contributed by atoms with Crippen LogP contribution in [-0.4, -0.2) is 59.6 Å². The molecule has 0 saturated carbocycles. The van der Waals surface area contributed by atoms with Gasteiger partial charge in [-0.25, -0.2) is 0 Å². The summed E-state index contributed by atoms with van der Waals surface area (Å²) in [6.07, 6.45) is 1.51. The quantitative estimate of drug-likeness (QED) is 0.585. The Balaban J connectivity index is 1.98. The van der Waals surface area contributed by atoms with Gasteiger partial charge >= 0.3 is 0 Å². The van der Waals surface area contributed by atoms with E-state index >= 15 is 0 Å². The smallest absolute Gasteiger partial charge is 0.239 e. The number of likely N-dealkylation sites (N-methyl/N-ethyl adjacent to an activating group) is 1. The summed E-state index contributed by atoms with van der Waals surface area (Å²) >= 11 is 0. The van der Waals surface area contributed by atoms with E-state index in [-0.39, 0.29) is 18.1 Å². The number of rotatable bonds is 1. The Morgan fingerprint density at radius 3 is 2.62 bits per heavy atom. The lowest BCUT2D eigenvalue weighted by molar-refractivity contribution is -0.130. The SMILES string of the molecule is CN1CCC(N2CCC(O)C2)C1=O. The number of likely N-dealkylation sites (tertiary alicyclic amines) is 2. The molecule has 2 aliphatic heterocycles. The number of carbonyl (C=O) groups is 1. The summed E-state index contributed by atoms with van der Waals surface area (Å²) in [5.74, 6) is 0.217. The third kappa shape index (κ3) is 1.56. The van der Waals surface area contributed by atoms with Crippen molar-refractivity contribution in [1.82, 2.24) is 9.80 Å². The van der Waals surface area contributed by atoms with Crippen LogP contribution in [0.4, 0.5) is 0 Å². The lowest BCUT2D eigenvalue weighted by Gasteiger charge is -2.21. The van der Waals surface area contributed by atoms with Crippen LogP contribution >= 0.6 is 0 Å². The molecule has 2 unspecified atom stereocenters. The highest BCUT2D eigenvalue weighted by molar-refractivity contribution is 5.83. The van der Waals surface area contributed by atoms with E-state index in [1.54, 1.807) is 4.90 Å². The standard InChI is InChI=1S/C9H16N2O2/c1-10-4-3-8(9(10)13)11-5-2-7(12)6-11/h7-8,12H,2-6H2,1H3. The van der Waals surface area contributed by atoms with Gasteiger partial charge in [0.2, 0.25) is 5.91 Å². The van der Waals surface area contributed by atoms with Crippen molar-refractivity contribution in [2.75, 3.05) is 26.7 Å². The van der Waals surface area contributed by atoms with Gasteiger partial charge < -0.3 is 10.0 Å². The predicted octanol–water partition coefficient (Wildman–Crippen LogP) is -0.716. The molecule has 2 atom stereocenters. The molecule has 13 heavy (non-hydrogen) atoms. The fourth-order valence-electron chi connectivity index (χ4n) is 2.19. The minimum Gasteiger partial charge on any atom is -0.392 e. The Labute approximate surface area is 78.1 Å². The van der Waals surface area contributed by atoms with E-state index in [1.807, 2.05) is 7.05 Å². The number of aliphatic hydroxyl groups excluding tert-OH is 1. The molecule has 74 valence electrons. The monoisotopic (exact) mass is 184 g/mol. The number of β-amino-alcohol motifs (C(OH)–C–C–N with tert-alkyl or cyclic N) is 1. The third-order valence-corrected chi connectivity index (χ3v) is 3.03. The molecule has 2 rings (SSSR count). The molecule has 0 aromatic carbocycles. The average Bonchev–Trinajstić information content (AvgIpc) is 2.62. The Hall–Kier alpha value is -0.610. The van der Waals surface area contributed by atoms with Crippen LogP contribution in [0.25, 0.3) is 0 Å². The molecule has 0 radical (unpaired) electrons. The van der Waals surface area contributed by atoms with E-state index < -0.39 is 0 Å². The molecule has 2 fully saturated rings. The van der Waals surface area contributed by atoms with Gasteiger partial charge in [0.1, 0.15) is 0 Å². The fourth-order valence-corrected chi connectivity index (χ4v) is 2.19. The van der Waals surface area contributed by atoms with E-state index in [9.17, 15) is 9.90 Å². The molecule has 2 aliphatic rings. The van der Waals surface area contributed by atoms with E-state index in [0.29, 0.717) is 6.54 Å². The summed E-state index contributed by atoms with van der Waals surface area (Å²) in [6.45, 7) is 2.39. The van der Waals surface area contributed by atoms with Crippen molar-refractivity contribution in [2.45, 2.75) is 25.0 Å². The van der Waals surface area contributed by atoms with Crippen molar-refractivity contribution in [1.29, 1.82) is 0 Å². The number of amides is 1. The minimum atomic E-state index is -0.223. The number of nitrogens with zero attached hydrogens (tertiary/aromatic N) is 2. The zero-order valence-electron chi connectivity index (χ0n) is 7.94. The number of hydrogen-bond acceptors (Lipinski definition) is 3. The van der Waals surface area contributed by atoms with E-state index in [2.05, 4.69) is 4.90 Å². The first kappa shape index (κ1) is 8.97. The van der Waals surface area contributed by atoms with Crippen molar-refractivity contribution in [3.8, 4) is 0 Å². The van der Waals surface area contributed by atoms with Gasteiger partial charge in [-0.1, -0.05) is 0 Å². The first-order valence-electron chi connectivity index (χ1n) is 4.85. The van der Waals surface area contributed by atoms with Crippen LogP contribution in [0.1, 0.15) is 12.8 Å². The molecular formula is C9H16N2O2. The Morgan fingerprint density at radius 2 is 2.15 bits per heavy atom. The summed E-state index contributed by atoms with van der Waals surface area (Å²) < 4.78 is 0. The van der Waals surface area contributed by atoms with E-state index in [4.69, 9.17) is 0 Å². The fraction of sp³-hybridized carbons (Fsp3) is 0.889. The van der Waals surface area contributed by atoms with Gasteiger partial charge in [-0.3, -0.25) is 9.69 Å².